The van der Waals surface area contributed by atoms with Crippen molar-refractivity contribution in [2.75, 3.05) is 19.6 Å². The van der Waals surface area contributed by atoms with E-state index in [-0.39, 0.29) is 0 Å². The van der Waals surface area contributed by atoms with Gasteiger partial charge >= 0.3 is 0 Å². The van der Waals surface area contributed by atoms with Gasteiger partial charge in [-0.2, -0.15) is 0 Å². The maximum Gasteiger partial charge on any atom is 0.0922 e. The minimum absolute atomic E-state index is 0.609. The van der Waals surface area contributed by atoms with Crippen LogP contribution in [-0.2, 0) is 6.54 Å². The first-order chi connectivity index (χ1) is 7.88. The van der Waals surface area contributed by atoms with E-state index in [1.807, 2.05) is 6.20 Å². The summed E-state index contributed by atoms with van der Waals surface area (Å²) < 4.78 is 0. The van der Waals surface area contributed by atoms with E-state index >= 15 is 0 Å². The first-order valence-corrected chi connectivity index (χ1v) is 5.75. The molecule has 0 aromatic carbocycles. The molecule has 1 saturated heterocycles. The van der Waals surface area contributed by atoms with E-state index in [9.17, 15) is 0 Å². The maximum atomic E-state index is 5.30. The van der Waals surface area contributed by atoms with Crippen LogP contribution in [0.2, 0.25) is 0 Å². The number of piperidine rings is 1. The number of nitrogens with one attached hydrogen (secondary N) is 2. The monoisotopic (exact) mass is 218 g/mol. The first kappa shape index (κ1) is 11.2. The summed E-state index contributed by atoms with van der Waals surface area (Å²) in [5.74, 6) is 2.70. The van der Waals surface area contributed by atoms with Crippen molar-refractivity contribution in [2.24, 2.45) is 0 Å². The Morgan fingerprint density at radius 1 is 1.56 bits per heavy atom. The molecule has 4 heteroatoms. The number of hydrogen-bond acceptors (Lipinski definition) is 3. The molecule has 0 amide bonds. The van der Waals surface area contributed by atoms with Crippen LogP contribution in [0.5, 0.6) is 0 Å². The van der Waals surface area contributed by atoms with Crippen molar-refractivity contribution in [3.05, 3.63) is 18.2 Å². The molecule has 0 bridgehead atoms. The normalized spacial score (nSPS) is 18.4. The van der Waals surface area contributed by atoms with Gasteiger partial charge in [-0.1, -0.05) is 5.92 Å². The van der Waals surface area contributed by atoms with Crippen LogP contribution in [0, 0.1) is 12.3 Å². The van der Waals surface area contributed by atoms with Gasteiger partial charge in [0, 0.05) is 37.6 Å². The van der Waals surface area contributed by atoms with Crippen molar-refractivity contribution >= 4 is 0 Å². The van der Waals surface area contributed by atoms with Gasteiger partial charge in [-0.25, -0.2) is 4.98 Å². The highest BCUT2D eigenvalue weighted by Gasteiger charge is 2.17. The predicted molar refractivity (Wildman–Crippen MR) is 63.7 cm³/mol. The van der Waals surface area contributed by atoms with Crippen LogP contribution in [0.3, 0.4) is 0 Å². The Hall–Kier alpha value is -1.31. The number of nitrogens with zero attached hydrogens (tertiary/aromatic N) is 2. The summed E-state index contributed by atoms with van der Waals surface area (Å²) in [5.41, 5.74) is 1.14. The smallest absolute Gasteiger partial charge is 0.0922 e. The van der Waals surface area contributed by atoms with Crippen molar-refractivity contribution in [3.63, 3.8) is 0 Å². The predicted octanol–water partition coefficient (Wildman–Crippen LogP) is 0.597. The van der Waals surface area contributed by atoms with Crippen LogP contribution in [0.25, 0.3) is 0 Å². The number of hydrogen-bond donors (Lipinski definition) is 2. The molecule has 4 nitrogen and oxygen atoms in total. The molecular weight excluding hydrogens is 200 g/mol. The summed E-state index contributed by atoms with van der Waals surface area (Å²) in [6.45, 7) is 3.86. The van der Waals surface area contributed by atoms with Crippen LogP contribution >= 0.6 is 0 Å². The highest BCUT2D eigenvalue weighted by Crippen LogP contribution is 2.10. The van der Waals surface area contributed by atoms with Crippen molar-refractivity contribution < 1.29 is 0 Å². The molecule has 0 spiro atoms. The van der Waals surface area contributed by atoms with Crippen LogP contribution in [0.1, 0.15) is 18.5 Å². The summed E-state index contributed by atoms with van der Waals surface area (Å²) >= 11 is 0. The number of aromatic nitrogens is 2. The number of likely N-dealkylation sites (tertiary alicyclic amines) is 1. The van der Waals surface area contributed by atoms with E-state index in [2.05, 4.69) is 26.1 Å². The van der Waals surface area contributed by atoms with Gasteiger partial charge in [0.25, 0.3) is 0 Å². The molecule has 2 N–H and O–H groups in total. The molecule has 86 valence electrons. The molecule has 2 heterocycles. The molecule has 2 rings (SSSR count). The Balaban J connectivity index is 1.68. The van der Waals surface area contributed by atoms with E-state index in [0.717, 1.165) is 31.9 Å². The van der Waals surface area contributed by atoms with Gasteiger partial charge in [-0.15, -0.1) is 6.42 Å². The molecular formula is C12H18N4. The molecule has 1 fully saturated rings. The second kappa shape index (κ2) is 5.69. The molecule has 1 aliphatic heterocycles. The van der Waals surface area contributed by atoms with Crippen LogP contribution in [0.15, 0.2) is 12.5 Å². The van der Waals surface area contributed by atoms with Gasteiger partial charge in [-0.3, -0.25) is 4.90 Å². The van der Waals surface area contributed by atoms with Gasteiger partial charge < -0.3 is 10.3 Å². The van der Waals surface area contributed by atoms with E-state index in [4.69, 9.17) is 6.42 Å². The maximum absolute atomic E-state index is 5.30. The number of aromatic amines is 1. The Kier molecular flexibility index (Phi) is 3.97. The van der Waals surface area contributed by atoms with Gasteiger partial charge in [0.15, 0.2) is 0 Å². The Bertz CT molecular complexity index is 330. The third-order valence-corrected chi connectivity index (χ3v) is 3.04. The van der Waals surface area contributed by atoms with Gasteiger partial charge in [0.1, 0.15) is 0 Å². The molecule has 16 heavy (non-hydrogen) atoms. The lowest BCUT2D eigenvalue weighted by atomic mass is 10.1. The molecule has 1 aromatic heterocycles. The van der Waals surface area contributed by atoms with Crippen molar-refractivity contribution in [1.82, 2.24) is 20.2 Å². The van der Waals surface area contributed by atoms with Gasteiger partial charge in [-0.05, 0) is 12.8 Å². The number of imidazole rings is 1. The standard InChI is InChI=1S/C12H18N4/c1-2-5-16-6-3-11(4-7-16)14-9-12-8-13-10-15-12/h1,8,10-11,14H,3-7,9H2,(H,13,15). The van der Waals surface area contributed by atoms with E-state index in [1.54, 1.807) is 6.33 Å². The van der Waals surface area contributed by atoms with Gasteiger partial charge in [0.2, 0.25) is 0 Å². The van der Waals surface area contributed by atoms with Crippen molar-refractivity contribution in [3.8, 4) is 12.3 Å². The molecule has 0 atom stereocenters. The average Bonchev–Trinajstić information content (AvgIpc) is 2.82. The lowest BCUT2D eigenvalue weighted by Crippen LogP contribution is -2.42. The fourth-order valence-corrected chi connectivity index (χ4v) is 2.06. The number of terminal acetylenes is 1. The second-order valence-electron chi connectivity index (χ2n) is 4.21. The highest BCUT2D eigenvalue weighted by molar-refractivity contribution is 4.95. The molecule has 0 unspecified atom stereocenters. The third kappa shape index (κ3) is 3.09. The fourth-order valence-electron chi connectivity index (χ4n) is 2.06. The number of H-pyrrole nitrogens is 1. The minimum atomic E-state index is 0.609. The van der Waals surface area contributed by atoms with Gasteiger partial charge in [0.05, 0.1) is 12.9 Å². The second-order valence-corrected chi connectivity index (χ2v) is 4.21. The van der Waals surface area contributed by atoms with Crippen LogP contribution in [-0.4, -0.2) is 40.5 Å². The van der Waals surface area contributed by atoms with Crippen molar-refractivity contribution in [2.45, 2.75) is 25.4 Å². The molecule has 1 aromatic rings. The SMILES string of the molecule is C#CCN1CCC(NCc2cnc[nH]2)CC1. The topological polar surface area (TPSA) is 44.0 Å². The summed E-state index contributed by atoms with van der Waals surface area (Å²) in [4.78, 5) is 9.42. The zero-order valence-corrected chi connectivity index (χ0v) is 9.45. The zero-order valence-electron chi connectivity index (χ0n) is 9.45. The Morgan fingerprint density at radius 2 is 2.38 bits per heavy atom. The summed E-state index contributed by atoms with van der Waals surface area (Å²) in [5, 5.41) is 3.54. The number of rotatable bonds is 4. The average molecular weight is 218 g/mol. The largest absolute Gasteiger partial charge is 0.347 e. The molecule has 0 aliphatic carbocycles. The van der Waals surface area contributed by atoms with Crippen LogP contribution < -0.4 is 5.32 Å². The van der Waals surface area contributed by atoms with E-state index in [1.165, 1.54) is 12.8 Å². The molecule has 0 saturated carbocycles. The Morgan fingerprint density at radius 3 is 3.00 bits per heavy atom. The fraction of sp³-hybridized carbons (Fsp3) is 0.583. The zero-order chi connectivity index (χ0) is 11.2. The van der Waals surface area contributed by atoms with Crippen LogP contribution in [0.4, 0.5) is 0 Å². The molecule has 1 aliphatic rings. The first-order valence-electron chi connectivity index (χ1n) is 5.75. The minimum Gasteiger partial charge on any atom is -0.347 e. The van der Waals surface area contributed by atoms with E-state index in [0.29, 0.717) is 6.04 Å². The summed E-state index contributed by atoms with van der Waals surface area (Å²) in [6.07, 6.45) is 11.2. The highest BCUT2D eigenvalue weighted by atomic mass is 15.1. The van der Waals surface area contributed by atoms with E-state index < -0.39 is 0 Å². The molecule has 0 radical (unpaired) electrons. The lowest BCUT2D eigenvalue weighted by molar-refractivity contribution is 0.217. The third-order valence-electron chi connectivity index (χ3n) is 3.04. The lowest BCUT2D eigenvalue weighted by Gasteiger charge is -2.31. The quantitative estimate of drug-likeness (QED) is 0.727. The van der Waals surface area contributed by atoms with Crippen molar-refractivity contribution in [1.29, 1.82) is 0 Å². The summed E-state index contributed by atoms with van der Waals surface area (Å²) in [7, 11) is 0. The Labute approximate surface area is 96.4 Å². The summed E-state index contributed by atoms with van der Waals surface area (Å²) in [6, 6.07) is 0.609.